The van der Waals surface area contributed by atoms with E-state index in [1.165, 1.54) is 5.56 Å². The fraction of sp³-hybridized carbons (Fsp3) is 0.286. The number of ether oxygens (including phenoxy) is 1. The number of anilines is 1. The number of benzene rings is 1. The van der Waals surface area contributed by atoms with Crippen LogP contribution in [0.1, 0.15) is 26.3 Å². The lowest BCUT2D eigenvalue weighted by atomic mass is 9.87. The van der Waals surface area contributed by atoms with Gasteiger partial charge in [0, 0.05) is 0 Å². The third-order valence-electron chi connectivity index (χ3n) is 2.79. The molecule has 0 atom stereocenters. The molecule has 5 nitrogen and oxygen atoms in total. The number of nitrogens with two attached hydrogens (primary N) is 1. The summed E-state index contributed by atoms with van der Waals surface area (Å²) in [4.78, 5) is 17.9. The van der Waals surface area contributed by atoms with Gasteiger partial charge >= 0.3 is 0 Å². The smallest absolute Gasteiger partial charge is 0.270 e. The van der Waals surface area contributed by atoms with Crippen LogP contribution in [0.4, 0.5) is 5.95 Å². The lowest BCUT2D eigenvalue weighted by Crippen LogP contribution is -2.13. The molecule has 0 fully saturated rings. The minimum absolute atomic E-state index is 0.0134. The van der Waals surface area contributed by atoms with E-state index < -0.39 is 0 Å². The Morgan fingerprint density at radius 2 is 1.85 bits per heavy atom. The van der Waals surface area contributed by atoms with Crippen molar-refractivity contribution in [3.8, 4) is 11.6 Å². The Labute approximate surface area is 125 Å². The first-order valence-electron chi connectivity index (χ1n) is 6.11. The monoisotopic (exact) mass is 337 g/mol. The molecule has 20 heavy (non-hydrogen) atoms. The number of nitrogen functional groups attached to an aromatic ring is 1. The predicted molar refractivity (Wildman–Crippen MR) is 82.2 cm³/mol. The summed E-state index contributed by atoms with van der Waals surface area (Å²) >= 11 is 3.13. The number of hydrogen-bond donors (Lipinski definition) is 2. The number of nitrogens with zero attached hydrogens (tertiary/aromatic N) is 1. The summed E-state index contributed by atoms with van der Waals surface area (Å²) in [5.74, 6) is 0.755. The molecule has 0 unspecified atom stereocenters. The van der Waals surface area contributed by atoms with Crippen molar-refractivity contribution >= 4 is 21.9 Å². The van der Waals surface area contributed by atoms with Crippen molar-refractivity contribution in [1.29, 1.82) is 0 Å². The SMILES string of the molecule is CC(C)(C)c1ccc(Oc2nc(N)[nH]c(=O)c2Br)cc1. The lowest BCUT2D eigenvalue weighted by Gasteiger charge is -2.19. The van der Waals surface area contributed by atoms with Crippen LogP contribution in [-0.2, 0) is 5.41 Å². The second kappa shape index (κ2) is 5.28. The number of aromatic nitrogens is 2. The zero-order valence-electron chi connectivity index (χ0n) is 11.5. The van der Waals surface area contributed by atoms with Crippen LogP contribution < -0.4 is 16.0 Å². The van der Waals surface area contributed by atoms with Gasteiger partial charge in [0.25, 0.3) is 5.56 Å². The van der Waals surface area contributed by atoms with Gasteiger partial charge in [-0.15, -0.1) is 0 Å². The van der Waals surface area contributed by atoms with Crippen LogP contribution in [0, 0.1) is 0 Å². The van der Waals surface area contributed by atoms with E-state index in [1.807, 2.05) is 24.3 Å². The van der Waals surface area contributed by atoms with Crippen molar-refractivity contribution in [2.45, 2.75) is 26.2 Å². The third-order valence-corrected chi connectivity index (χ3v) is 3.48. The molecule has 0 aliphatic carbocycles. The molecular weight excluding hydrogens is 322 g/mol. The zero-order valence-corrected chi connectivity index (χ0v) is 13.1. The first-order valence-corrected chi connectivity index (χ1v) is 6.90. The molecule has 0 amide bonds. The highest BCUT2D eigenvalue weighted by molar-refractivity contribution is 9.10. The van der Waals surface area contributed by atoms with Gasteiger partial charge in [0.15, 0.2) is 0 Å². The molecular formula is C14H16BrN3O2. The van der Waals surface area contributed by atoms with Crippen molar-refractivity contribution in [3.63, 3.8) is 0 Å². The Balaban J connectivity index is 2.29. The van der Waals surface area contributed by atoms with Gasteiger partial charge in [-0.1, -0.05) is 32.9 Å². The minimum atomic E-state index is -0.376. The van der Waals surface area contributed by atoms with Gasteiger partial charge in [-0.2, -0.15) is 4.98 Å². The first-order chi connectivity index (χ1) is 9.27. The highest BCUT2D eigenvalue weighted by atomic mass is 79.9. The van der Waals surface area contributed by atoms with E-state index in [4.69, 9.17) is 10.5 Å². The lowest BCUT2D eigenvalue weighted by molar-refractivity contribution is 0.457. The Morgan fingerprint density at radius 1 is 1.25 bits per heavy atom. The van der Waals surface area contributed by atoms with Crippen LogP contribution in [0.2, 0.25) is 0 Å². The summed E-state index contributed by atoms with van der Waals surface area (Å²) < 4.78 is 5.79. The predicted octanol–water partition coefficient (Wildman–Crippen LogP) is 3.20. The quantitative estimate of drug-likeness (QED) is 0.881. The van der Waals surface area contributed by atoms with Gasteiger partial charge in [0.1, 0.15) is 10.2 Å². The molecule has 0 aliphatic rings. The molecule has 2 rings (SSSR count). The van der Waals surface area contributed by atoms with Crippen LogP contribution in [0.5, 0.6) is 11.6 Å². The Hall–Kier alpha value is -1.82. The molecule has 0 spiro atoms. The number of halogens is 1. The van der Waals surface area contributed by atoms with Crippen molar-refractivity contribution < 1.29 is 4.74 Å². The fourth-order valence-electron chi connectivity index (χ4n) is 1.66. The topological polar surface area (TPSA) is 81.0 Å². The second-order valence-corrected chi connectivity index (χ2v) is 6.24. The number of aromatic amines is 1. The van der Waals surface area contributed by atoms with Crippen molar-refractivity contribution in [3.05, 3.63) is 44.7 Å². The maximum atomic E-state index is 11.5. The van der Waals surface area contributed by atoms with Crippen LogP contribution in [-0.4, -0.2) is 9.97 Å². The summed E-state index contributed by atoms with van der Waals surface area (Å²) in [5, 5.41) is 0. The van der Waals surface area contributed by atoms with Gasteiger partial charge in [0.05, 0.1) is 0 Å². The molecule has 6 heteroatoms. The highest BCUT2D eigenvalue weighted by Crippen LogP contribution is 2.28. The summed E-state index contributed by atoms with van der Waals surface area (Å²) in [7, 11) is 0. The molecule has 1 aromatic carbocycles. The van der Waals surface area contributed by atoms with Crippen LogP contribution in [0.15, 0.2) is 33.5 Å². The summed E-state index contributed by atoms with van der Waals surface area (Å²) in [6.07, 6.45) is 0. The van der Waals surface area contributed by atoms with Crippen molar-refractivity contribution in [2.24, 2.45) is 0 Å². The van der Waals surface area contributed by atoms with Crippen LogP contribution in [0.25, 0.3) is 0 Å². The third kappa shape index (κ3) is 3.19. The minimum Gasteiger partial charge on any atom is -0.438 e. The number of H-pyrrole nitrogens is 1. The summed E-state index contributed by atoms with van der Waals surface area (Å²) in [5.41, 5.74) is 6.39. The molecule has 0 aliphatic heterocycles. The van der Waals surface area contributed by atoms with Gasteiger partial charge < -0.3 is 10.5 Å². The molecule has 0 saturated carbocycles. The molecule has 1 heterocycles. The molecule has 3 N–H and O–H groups in total. The molecule has 106 valence electrons. The maximum absolute atomic E-state index is 11.5. The highest BCUT2D eigenvalue weighted by Gasteiger charge is 2.14. The molecule has 0 radical (unpaired) electrons. The Bertz CT molecular complexity index is 672. The van der Waals surface area contributed by atoms with Gasteiger partial charge in [-0.05, 0) is 39.0 Å². The molecule has 1 aromatic heterocycles. The van der Waals surface area contributed by atoms with Crippen LogP contribution in [0.3, 0.4) is 0 Å². The van der Waals surface area contributed by atoms with Crippen molar-refractivity contribution in [2.75, 3.05) is 5.73 Å². The average molecular weight is 338 g/mol. The molecule has 0 saturated heterocycles. The van der Waals surface area contributed by atoms with E-state index in [1.54, 1.807) is 0 Å². The van der Waals surface area contributed by atoms with E-state index in [2.05, 4.69) is 46.7 Å². The van der Waals surface area contributed by atoms with E-state index in [0.717, 1.165) is 0 Å². The van der Waals surface area contributed by atoms with E-state index in [-0.39, 0.29) is 27.3 Å². The molecule has 2 aromatic rings. The Morgan fingerprint density at radius 3 is 2.40 bits per heavy atom. The normalized spacial score (nSPS) is 11.4. The second-order valence-electron chi connectivity index (χ2n) is 5.45. The molecule has 0 bridgehead atoms. The largest absolute Gasteiger partial charge is 0.438 e. The summed E-state index contributed by atoms with van der Waals surface area (Å²) in [6.45, 7) is 6.41. The van der Waals surface area contributed by atoms with Crippen molar-refractivity contribution in [1.82, 2.24) is 9.97 Å². The number of hydrogen-bond acceptors (Lipinski definition) is 4. The maximum Gasteiger partial charge on any atom is 0.270 e. The first kappa shape index (κ1) is 14.6. The average Bonchev–Trinajstić information content (AvgIpc) is 2.35. The number of nitrogens with one attached hydrogen (secondary N) is 1. The van der Waals surface area contributed by atoms with Crippen LogP contribution >= 0.6 is 15.9 Å². The summed E-state index contributed by atoms with van der Waals surface area (Å²) in [6, 6.07) is 7.65. The Kier molecular flexibility index (Phi) is 3.85. The standard InChI is InChI=1S/C14H16BrN3O2/c1-14(2,3)8-4-6-9(7-5-8)20-12-10(15)11(19)17-13(16)18-12/h4-7H,1-3H3,(H3,16,17,18,19). The van der Waals surface area contributed by atoms with Gasteiger partial charge in [-0.3, -0.25) is 9.78 Å². The van der Waals surface area contributed by atoms with E-state index in [9.17, 15) is 4.79 Å². The van der Waals surface area contributed by atoms with Gasteiger partial charge in [-0.25, -0.2) is 0 Å². The van der Waals surface area contributed by atoms with Gasteiger partial charge in [0.2, 0.25) is 11.8 Å². The van der Waals surface area contributed by atoms with E-state index >= 15 is 0 Å². The fourth-order valence-corrected chi connectivity index (χ4v) is 1.93. The van der Waals surface area contributed by atoms with E-state index in [0.29, 0.717) is 5.75 Å². The number of rotatable bonds is 2. The zero-order chi connectivity index (χ0) is 14.9.